The number of aromatic nitrogens is 2. The molecule has 9 heteroatoms. The summed E-state index contributed by atoms with van der Waals surface area (Å²) < 4.78 is 6.66. The van der Waals surface area contributed by atoms with Gasteiger partial charge in [0.25, 0.3) is 0 Å². The number of nitrogens with one attached hydrogen (secondary N) is 2. The zero-order valence-electron chi connectivity index (χ0n) is 14.5. The minimum atomic E-state index is -0.650. The van der Waals surface area contributed by atoms with Crippen molar-refractivity contribution in [2.75, 3.05) is 38.4 Å². The molecule has 1 heterocycles. The Hall–Kier alpha value is -2.62. The third-order valence-electron chi connectivity index (χ3n) is 3.40. The molecule has 2 rings (SSSR count). The number of rotatable bonds is 8. The van der Waals surface area contributed by atoms with Gasteiger partial charge in [0.1, 0.15) is 5.75 Å². The Morgan fingerprint density at radius 2 is 2.12 bits per heavy atom. The van der Waals surface area contributed by atoms with Crippen molar-refractivity contribution in [3.8, 4) is 5.75 Å². The highest BCUT2D eigenvalue weighted by molar-refractivity contribution is 5.99. The van der Waals surface area contributed by atoms with Crippen molar-refractivity contribution in [1.82, 2.24) is 14.8 Å². The number of carbonyl (C=O) groups excluding carboxylic acids is 1. The Labute approximate surface area is 146 Å². The zero-order chi connectivity index (χ0) is 18.2. The highest BCUT2D eigenvalue weighted by atomic mass is 16.7. The van der Waals surface area contributed by atoms with Crippen LogP contribution < -0.4 is 15.4 Å². The number of likely N-dealkylation sites (N-methyl/N-ethyl adjacent to an activating group) is 1. The van der Waals surface area contributed by atoms with Crippen molar-refractivity contribution in [1.29, 1.82) is 0 Å². The molecule has 0 aliphatic carbocycles. The topological polar surface area (TPSA) is 101 Å². The van der Waals surface area contributed by atoms with E-state index in [4.69, 9.17) is 9.57 Å². The van der Waals surface area contributed by atoms with Crippen LogP contribution in [0.1, 0.15) is 0 Å². The van der Waals surface area contributed by atoms with Gasteiger partial charge in [-0.3, -0.25) is 4.68 Å². The average molecular weight is 349 g/mol. The maximum Gasteiger partial charge on any atom is 0.323 e. The highest BCUT2D eigenvalue weighted by Crippen LogP contribution is 2.17. The summed E-state index contributed by atoms with van der Waals surface area (Å²) in [5.41, 5.74) is 1.13. The second-order valence-corrected chi connectivity index (χ2v) is 5.41. The molecular weight excluding hydrogens is 326 g/mol. The molecule has 0 aliphatic heterocycles. The summed E-state index contributed by atoms with van der Waals surface area (Å²) >= 11 is 0. The van der Waals surface area contributed by atoms with Gasteiger partial charge in [0.05, 0.1) is 45.3 Å². The largest absolute Gasteiger partial charge is 0.497 e. The number of aliphatic hydroxyl groups excluding tert-OH is 1. The molecule has 2 amide bonds. The summed E-state index contributed by atoms with van der Waals surface area (Å²) in [7, 11) is 4.82. The monoisotopic (exact) mass is 349 g/mol. The molecule has 0 fully saturated rings. The second kappa shape index (κ2) is 9.02. The van der Waals surface area contributed by atoms with Crippen LogP contribution in [0.4, 0.5) is 16.2 Å². The van der Waals surface area contributed by atoms with E-state index in [1.54, 1.807) is 49.3 Å². The summed E-state index contributed by atoms with van der Waals surface area (Å²) in [4.78, 5) is 17.0. The fourth-order valence-electron chi connectivity index (χ4n) is 2.17. The molecule has 1 aromatic carbocycles. The molecule has 25 heavy (non-hydrogen) atoms. The number of urea groups is 1. The molecule has 0 unspecified atom stereocenters. The average Bonchev–Trinajstić information content (AvgIpc) is 3.01. The Bertz CT molecular complexity index is 691. The van der Waals surface area contributed by atoms with Gasteiger partial charge in [-0.05, 0) is 12.1 Å². The molecule has 0 saturated heterocycles. The third kappa shape index (κ3) is 6.07. The first-order chi connectivity index (χ1) is 12.0. The van der Waals surface area contributed by atoms with Gasteiger partial charge in [0.2, 0.25) is 0 Å². The van der Waals surface area contributed by atoms with Gasteiger partial charge in [-0.25, -0.2) is 4.79 Å². The Balaban J connectivity index is 1.86. The maximum absolute atomic E-state index is 12.0. The Morgan fingerprint density at radius 3 is 2.84 bits per heavy atom. The molecular formula is C16H23N5O4. The van der Waals surface area contributed by atoms with Gasteiger partial charge in [-0.1, -0.05) is 6.07 Å². The van der Waals surface area contributed by atoms with Crippen molar-refractivity contribution in [3.63, 3.8) is 0 Å². The molecule has 136 valence electrons. The van der Waals surface area contributed by atoms with E-state index in [1.807, 2.05) is 0 Å². The summed E-state index contributed by atoms with van der Waals surface area (Å²) in [6.45, 7) is 0.627. The van der Waals surface area contributed by atoms with E-state index in [9.17, 15) is 9.90 Å². The molecule has 9 nitrogen and oxygen atoms in total. The smallest absolute Gasteiger partial charge is 0.323 e. The number of ether oxygens (including phenoxy) is 1. The number of amides is 2. The summed E-state index contributed by atoms with van der Waals surface area (Å²) in [5, 5.41) is 21.0. The van der Waals surface area contributed by atoms with Crippen LogP contribution >= 0.6 is 0 Å². The van der Waals surface area contributed by atoms with E-state index in [0.29, 0.717) is 23.7 Å². The van der Waals surface area contributed by atoms with E-state index in [-0.39, 0.29) is 6.54 Å². The van der Waals surface area contributed by atoms with E-state index in [2.05, 4.69) is 15.7 Å². The van der Waals surface area contributed by atoms with E-state index in [1.165, 1.54) is 18.4 Å². The van der Waals surface area contributed by atoms with Crippen LogP contribution in [0.25, 0.3) is 0 Å². The van der Waals surface area contributed by atoms with E-state index in [0.717, 1.165) is 0 Å². The molecule has 1 atom stereocenters. The van der Waals surface area contributed by atoms with Gasteiger partial charge < -0.3 is 25.3 Å². The fourth-order valence-corrected chi connectivity index (χ4v) is 2.17. The van der Waals surface area contributed by atoms with Crippen molar-refractivity contribution >= 4 is 17.4 Å². The Morgan fingerprint density at radius 1 is 1.36 bits per heavy atom. The highest BCUT2D eigenvalue weighted by Gasteiger charge is 2.11. The molecule has 0 saturated carbocycles. The van der Waals surface area contributed by atoms with Crippen molar-refractivity contribution < 1.29 is 19.5 Å². The van der Waals surface area contributed by atoms with E-state index < -0.39 is 12.1 Å². The predicted molar refractivity (Wildman–Crippen MR) is 93.5 cm³/mol. The molecule has 2 aromatic rings. The second-order valence-electron chi connectivity index (χ2n) is 5.41. The van der Waals surface area contributed by atoms with Crippen LogP contribution in [0.2, 0.25) is 0 Å². The first-order valence-corrected chi connectivity index (χ1v) is 7.68. The fraction of sp³-hybridized carbons (Fsp3) is 0.375. The number of hydrogen-bond donors (Lipinski definition) is 3. The summed E-state index contributed by atoms with van der Waals surface area (Å²) in [6, 6.07) is 6.65. The quantitative estimate of drug-likeness (QED) is 0.623. The number of hydrogen-bond acceptors (Lipinski definition) is 6. The van der Waals surface area contributed by atoms with Crippen LogP contribution in [0, 0.1) is 0 Å². The van der Waals surface area contributed by atoms with Gasteiger partial charge in [-0.15, -0.1) is 0 Å². The van der Waals surface area contributed by atoms with Gasteiger partial charge in [0.15, 0.2) is 0 Å². The minimum Gasteiger partial charge on any atom is -0.497 e. The van der Waals surface area contributed by atoms with Crippen LogP contribution in [0.15, 0.2) is 36.7 Å². The third-order valence-corrected chi connectivity index (χ3v) is 3.40. The molecule has 1 aromatic heterocycles. The Kier molecular flexibility index (Phi) is 6.75. The van der Waals surface area contributed by atoms with Crippen molar-refractivity contribution in [2.24, 2.45) is 0 Å². The first-order valence-electron chi connectivity index (χ1n) is 7.68. The number of benzene rings is 1. The SMILES string of the molecule is COc1cccc(NC(=O)Nc2cnn(C[C@@H](O)CN(C)OC)c2)c1. The van der Waals surface area contributed by atoms with Crippen molar-refractivity contribution in [3.05, 3.63) is 36.7 Å². The summed E-state index contributed by atoms with van der Waals surface area (Å²) in [6.07, 6.45) is 2.50. The first kappa shape index (κ1) is 18.7. The number of anilines is 2. The molecule has 0 bridgehead atoms. The standard InChI is InChI=1S/C16H23N5O4/c1-20(25-3)10-14(22)11-21-9-13(8-17-21)19-16(23)18-12-5-4-6-15(7-12)24-2/h4-9,14,22H,10-11H2,1-3H3,(H2,18,19,23)/t14-/m0/s1. The van der Waals surface area contributed by atoms with Gasteiger partial charge in [0, 0.05) is 25.0 Å². The van der Waals surface area contributed by atoms with Crippen LogP contribution in [-0.2, 0) is 11.4 Å². The lowest BCUT2D eigenvalue weighted by Crippen LogP contribution is -2.31. The summed E-state index contributed by atoms with van der Waals surface area (Å²) in [5.74, 6) is 0.653. The number of aliphatic hydroxyl groups is 1. The number of carbonyl (C=O) groups is 1. The van der Waals surface area contributed by atoms with Gasteiger partial charge in [-0.2, -0.15) is 10.2 Å². The lowest BCUT2D eigenvalue weighted by molar-refractivity contribution is -0.129. The van der Waals surface area contributed by atoms with Crippen molar-refractivity contribution in [2.45, 2.75) is 12.6 Å². The number of hydroxylamine groups is 2. The van der Waals surface area contributed by atoms with Crippen LogP contribution in [0.5, 0.6) is 5.75 Å². The maximum atomic E-state index is 12.0. The predicted octanol–water partition coefficient (Wildman–Crippen LogP) is 1.39. The van der Waals surface area contributed by atoms with Gasteiger partial charge >= 0.3 is 6.03 Å². The zero-order valence-corrected chi connectivity index (χ0v) is 14.5. The van der Waals surface area contributed by atoms with Crippen LogP contribution in [0.3, 0.4) is 0 Å². The lowest BCUT2D eigenvalue weighted by Gasteiger charge is -2.17. The van der Waals surface area contributed by atoms with Crippen LogP contribution in [-0.4, -0.2) is 59.9 Å². The molecule has 0 radical (unpaired) electrons. The molecule has 0 aliphatic rings. The van der Waals surface area contributed by atoms with E-state index >= 15 is 0 Å². The normalized spacial score (nSPS) is 12.0. The number of nitrogens with zero attached hydrogens (tertiary/aromatic N) is 3. The number of methoxy groups -OCH3 is 1. The molecule has 0 spiro atoms. The lowest BCUT2D eigenvalue weighted by atomic mass is 10.3. The minimum absolute atomic E-state index is 0.285. The molecule has 3 N–H and O–H groups in total.